The van der Waals surface area contributed by atoms with E-state index in [1.54, 1.807) is 36.4 Å². The van der Waals surface area contributed by atoms with Gasteiger partial charge in [0.25, 0.3) is 15.9 Å². The van der Waals surface area contributed by atoms with E-state index in [0.717, 1.165) is 31.2 Å². The van der Waals surface area contributed by atoms with Crippen LogP contribution in [0.2, 0.25) is 0 Å². The van der Waals surface area contributed by atoms with E-state index in [2.05, 4.69) is 11.9 Å². The van der Waals surface area contributed by atoms with Crippen molar-refractivity contribution in [1.82, 2.24) is 5.32 Å². The van der Waals surface area contributed by atoms with Crippen molar-refractivity contribution in [2.45, 2.75) is 55.9 Å². The first kappa shape index (κ1) is 20.7. The van der Waals surface area contributed by atoms with Gasteiger partial charge in [0.05, 0.1) is 17.1 Å². The monoisotopic (exact) mass is 424 g/mol. The minimum Gasteiger partial charge on any atom is -0.349 e. The van der Waals surface area contributed by atoms with Crippen molar-refractivity contribution >= 4 is 21.6 Å². The van der Waals surface area contributed by atoms with E-state index in [4.69, 9.17) is 0 Å². The van der Waals surface area contributed by atoms with Crippen LogP contribution < -0.4 is 9.62 Å². The van der Waals surface area contributed by atoms with E-state index in [0.29, 0.717) is 16.8 Å². The maximum Gasteiger partial charge on any atom is 0.265 e. The molecule has 4 rings (SSSR count). The van der Waals surface area contributed by atoms with Crippen LogP contribution >= 0.6 is 0 Å². The second kappa shape index (κ2) is 8.64. The predicted molar refractivity (Wildman–Crippen MR) is 120 cm³/mol. The Morgan fingerprint density at radius 3 is 2.47 bits per heavy atom. The lowest BCUT2D eigenvalue weighted by Crippen LogP contribution is -2.36. The minimum atomic E-state index is -3.66. The quantitative estimate of drug-likeness (QED) is 0.711. The number of carbonyl (C=O) groups is 1. The van der Waals surface area contributed by atoms with Crippen molar-refractivity contribution in [2.75, 3.05) is 10.8 Å². The third-order valence-corrected chi connectivity index (χ3v) is 7.85. The van der Waals surface area contributed by atoms with Crippen molar-refractivity contribution in [3.8, 4) is 11.1 Å². The molecule has 0 saturated heterocycles. The first-order valence-corrected chi connectivity index (χ1v) is 12.1. The highest BCUT2D eigenvalue weighted by Gasteiger charge is 2.34. The van der Waals surface area contributed by atoms with Gasteiger partial charge < -0.3 is 5.32 Å². The normalized spacial score (nSPS) is 18.5. The molecule has 30 heavy (non-hydrogen) atoms. The second-order valence-electron chi connectivity index (χ2n) is 8.07. The molecule has 2 aromatic rings. The number of sulfonamides is 1. The molecule has 1 N–H and O–H groups in total. The maximum absolute atomic E-state index is 13.1. The van der Waals surface area contributed by atoms with Crippen LogP contribution in [-0.4, -0.2) is 26.9 Å². The summed E-state index contributed by atoms with van der Waals surface area (Å²) in [6.45, 7) is 3.88. The number of carbonyl (C=O) groups excluding carboxylic acids is 1. The van der Waals surface area contributed by atoms with E-state index < -0.39 is 10.0 Å². The first-order chi connectivity index (χ1) is 14.5. The zero-order chi connectivity index (χ0) is 21.1. The number of rotatable bonds is 4. The summed E-state index contributed by atoms with van der Waals surface area (Å²) in [5, 5.41) is 3.20. The van der Waals surface area contributed by atoms with Crippen LogP contribution in [0.4, 0.5) is 5.69 Å². The maximum atomic E-state index is 13.1. The molecule has 1 heterocycles. The Kier molecular flexibility index (Phi) is 5.95. The van der Waals surface area contributed by atoms with Gasteiger partial charge in [0.1, 0.15) is 0 Å². The Bertz CT molecular complexity index is 1050. The minimum absolute atomic E-state index is 0.0930. The fraction of sp³-hybridized carbons (Fsp3) is 0.375. The number of nitrogens with one attached hydrogen (secondary N) is 1. The summed E-state index contributed by atoms with van der Waals surface area (Å²) in [5.41, 5.74) is 2.53. The summed E-state index contributed by atoms with van der Waals surface area (Å²) in [7, 11) is -3.66. The lowest BCUT2D eigenvalue weighted by molar-refractivity contribution is 0.0930. The Morgan fingerprint density at radius 1 is 1.03 bits per heavy atom. The molecular formula is C24H28N2O3S. The van der Waals surface area contributed by atoms with Gasteiger partial charge in [-0.1, -0.05) is 56.4 Å². The molecule has 0 aromatic heterocycles. The molecule has 0 bridgehead atoms. The van der Waals surface area contributed by atoms with Crippen molar-refractivity contribution in [2.24, 2.45) is 0 Å². The fourth-order valence-corrected chi connectivity index (χ4v) is 6.12. The fourth-order valence-electron chi connectivity index (χ4n) is 4.46. The Balaban J connectivity index is 1.68. The number of hydrogen-bond acceptors (Lipinski definition) is 3. The summed E-state index contributed by atoms with van der Waals surface area (Å²) in [6.07, 6.45) is 9.66. The number of benzene rings is 2. The van der Waals surface area contributed by atoms with Gasteiger partial charge in [0, 0.05) is 22.7 Å². The second-order valence-corrected chi connectivity index (χ2v) is 9.90. The zero-order valence-electron chi connectivity index (χ0n) is 17.1. The van der Waals surface area contributed by atoms with Gasteiger partial charge in [-0.2, -0.15) is 0 Å². The van der Waals surface area contributed by atoms with E-state index in [1.165, 1.54) is 23.6 Å². The van der Waals surface area contributed by atoms with Crippen molar-refractivity contribution in [1.29, 1.82) is 0 Å². The Labute approximate surface area is 178 Å². The van der Waals surface area contributed by atoms with Crippen LogP contribution in [0.3, 0.4) is 0 Å². The van der Waals surface area contributed by atoms with Gasteiger partial charge in [-0.05, 0) is 37.1 Å². The highest BCUT2D eigenvalue weighted by molar-refractivity contribution is 7.93. The Morgan fingerprint density at radius 2 is 1.73 bits per heavy atom. The summed E-state index contributed by atoms with van der Waals surface area (Å²) >= 11 is 0. The average molecular weight is 425 g/mol. The van der Waals surface area contributed by atoms with Crippen LogP contribution in [0.5, 0.6) is 0 Å². The van der Waals surface area contributed by atoms with Crippen LogP contribution in [-0.2, 0) is 10.0 Å². The third-order valence-electron chi connectivity index (χ3n) is 6.01. The summed E-state index contributed by atoms with van der Waals surface area (Å²) in [6, 6.07) is 12.4. The van der Waals surface area contributed by atoms with Gasteiger partial charge in [0.2, 0.25) is 0 Å². The molecule has 1 saturated carbocycles. The number of anilines is 1. The first-order valence-electron chi connectivity index (χ1n) is 10.7. The standard InChI is InChI=1S/C24H28N2O3S/c1-2-16-26-22-15-14-18(24(27)25-19-10-6-4-3-5-7-11-19)17-21(22)20-12-8-9-13-23(20)30(26,28)29/h2,8-9,12-15,17,19H,1,3-7,10-11,16H2,(H,25,27). The zero-order valence-corrected chi connectivity index (χ0v) is 18.0. The number of fused-ring (bicyclic) bond motifs is 3. The molecule has 1 amide bonds. The molecule has 6 heteroatoms. The molecule has 2 aliphatic rings. The predicted octanol–water partition coefficient (Wildman–Crippen LogP) is 4.89. The molecular weight excluding hydrogens is 396 g/mol. The molecule has 0 spiro atoms. The van der Waals surface area contributed by atoms with Crippen LogP contribution in [0.1, 0.15) is 55.3 Å². The van der Waals surface area contributed by atoms with E-state index in [1.807, 2.05) is 12.1 Å². The SMILES string of the molecule is C=CCN1c2ccc(C(=O)NC3CCCCCCC3)cc2-c2ccccc2S1(=O)=O. The highest BCUT2D eigenvalue weighted by atomic mass is 32.2. The van der Waals surface area contributed by atoms with Crippen LogP contribution in [0.15, 0.2) is 60.0 Å². The molecule has 0 radical (unpaired) electrons. The molecule has 5 nitrogen and oxygen atoms in total. The topological polar surface area (TPSA) is 66.5 Å². The van der Waals surface area contributed by atoms with E-state index in [9.17, 15) is 13.2 Å². The third kappa shape index (κ3) is 3.88. The summed E-state index contributed by atoms with van der Waals surface area (Å²) < 4.78 is 27.6. The van der Waals surface area contributed by atoms with Gasteiger partial charge in [0.15, 0.2) is 0 Å². The molecule has 1 fully saturated rings. The molecule has 0 unspecified atom stereocenters. The number of amides is 1. The van der Waals surface area contributed by atoms with Gasteiger partial charge >= 0.3 is 0 Å². The molecule has 1 aliphatic heterocycles. The summed E-state index contributed by atoms with van der Waals surface area (Å²) in [4.78, 5) is 13.2. The largest absolute Gasteiger partial charge is 0.349 e. The molecule has 0 atom stereocenters. The molecule has 2 aromatic carbocycles. The summed E-state index contributed by atoms with van der Waals surface area (Å²) in [5.74, 6) is -0.0930. The average Bonchev–Trinajstić information content (AvgIpc) is 2.72. The van der Waals surface area contributed by atoms with Crippen LogP contribution in [0, 0.1) is 0 Å². The number of nitrogens with zero attached hydrogens (tertiary/aromatic N) is 1. The van der Waals surface area contributed by atoms with E-state index >= 15 is 0 Å². The molecule has 158 valence electrons. The lowest BCUT2D eigenvalue weighted by Gasteiger charge is -2.31. The van der Waals surface area contributed by atoms with Crippen LogP contribution in [0.25, 0.3) is 11.1 Å². The Hall–Kier alpha value is -2.60. The van der Waals surface area contributed by atoms with Crippen molar-refractivity contribution in [3.05, 3.63) is 60.7 Å². The smallest absolute Gasteiger partial charge is 0.265 e. The van der Waals surface area contributed by atoms with Crippen molar-refractivity contribution < 1.29 is 13.2 Å². The van der Waals surface area contributed by atoms with E-state index in [-0.39, 0.29) is 23.4 Å². The van der Waals surface area contributed by atoms with Gasteiger partial charge in [-0.15, -0.1) is 6.58 Å². The highest BCUT2D eigenvalue weighted by Crippen LogP contribution is 2.43. The number of hydrogen-bond donors (Lipinski definition) is 1. The lowest BCUT2D eigenvalue weighted by atomic mass is 9.96. The van der Waals surface area contributed by atoms with Crippen molar-refractivity contribution in [3.63, 3.8) is 0 Å². The van der Waals surface area contributed by atoms with Gasteiger partial charge in [-0.25, -0.2) is 8.42 Å². The van der Waals surface area contributed by atoms with Gasteiger partial charge in [-0.3, -0.25) is 9.10 Å². The molecule has 1 aliphatic carbocycles.